The van der Waals surface area contributed by atoms with Gasteiger partial charge in [0.05, 0.1) is 12.8 Å². The molecule has 0 aliphatic carbocycles. The largest absolute Gasteiger partial charge is 0.497 e. The number of anilines is 1. The van der Waals surface area contributed by atoms with E-state index in [9.17, 15) is 4.79 Å². The van der Waals surface area contributed by atoms with Gasteiger partial charge in [0, 0.05) is 36.1 Å². The summed E-state index contributed by atoms with van der Waals surface area (Å²) in [7, 11) is 1.65. The molecule has 0 atom stereocenters. The summed E-state index contributed by atoms with van der Waals surface area (Å²) < 4.78 is 5.20. The Morgan fingerprint density at radius 1 is 1.03 bits per heavy atom. The normalized spacial score (nSPS) is 14.2. The Balaban J connectivity index is 1.24. The first kappa shape index (κ1) is 22.1. The third-order valence-electron chi connectivity index (χ3n) is 5.85. The standard InChI is InChI=1S/C25H27ClN4O2/c1-32-22-8-4-19(5-9-22)23-10-11-24(29-28-23)30-16-13-20(14-17-30)25(31)27-15-12-18-2-6-21(26)7-3-18/h2-11,20H,12-17H2,1H3,(H,27,31). The minimum Gasteiger partial charge on any atom is -0.497 e. The molecule has 3 aromatic rings. The maximum Gasteiger partial charge on any atom is 0.223 e. The predicted molar refractivity (Wildman–Crippen MR) is 127 cm³/mol. The summed E-state index contributed by atoms with van der Waals surface area (Å²) in [5.41, 5.74) is 2.99. The highest BCUT2D eigenvalue weighted by Crippen LogP contribution is 2.24. The highest BCUT2D eigenvalue weighted by molar-refractivity contribution is 6.30. The number of rotatable bonds is 7. The van der Waals surface area contributed by atoms with Gasteiger partial charge in [-0.2, -0.15) is 0 Å². The number of nitrogens with zero attached hydrogens (tertiary/aromatic N) is 3. The molecule has 1 aliphatic heterocycles. The maximum atomic E-state index is 12.5. The molecule has 2 heterocycles. The van der Waals surface area contributed by atoms with Gasteiger partial charge in [-0.25, -0.2) is 0 Å². The lowest BCUT2D eigenvalue weighted by atomic mass is 9.96. The number of amides is 1. The van der Waals surface area contributed by atoms with Crippen molar-refractivity contribution in [3.8, 4) is 17.0 Å². The first-order valence-corrected chi connectivity index (χ1v) is 11.3. The van der Waals surface area contributed by atoms with Crippen LogP contribution in [0.2, 0.25) is 5.02 Å². The van der Waals surface area contributed by atoms with E-state index in [1.807, 2.05) is 60.7 Å². The quantitative estimate of drug-likeness (QED) is 0.578. The number of aromatic nitrogens is 2. The fraction of sp³-hybridized carbons (Fsp3) is 0.320. The number of methoxy groups -OCH3 is 1. The molecule has 0 saturated carbocycles. The lowest BCUT2D eigenvalue weighted by Crippen LogP contribution is -2.41. The van der Waals surface area contributed by atoms with Crippen LogP contribution in [0.5, 0.6) is 5.75 Å². The molecule has 4 rings (SSSR count). The third kappa shape index (κ3) is 5.56. The lowest BCUT2D eigenvalue weighted by Gasteiger charge is -2.31. The molecular weight excluding hydrogens is 424 g/mol. The van der Waals surface area contributed by atoms with Crippen LogP contribution >= 0.6 is 11.6 Å². The Bertz CT molecular complexity index is 1020. The van der Waals surface area contributed by atoms with E-state index >= 15 is 0 Å². The van der Waals surface area contributed by atoms with Crippen LogP contribution in [-0.4, -0.2) is 42.8 Å². The van der Waals surface area contributed by atoms with E-state index in [2.05, 4.69) is 20.4 Å². The Morgan fingerprint density at radius 2 is 1.75 bits per heavy atom. The monoisotopic (exact) mass is 450 g/mol. The molecule has 166 valence electrons. The summed E-state index contributed by atoms with van der Waals surface area (Å²) in [6.45, 7) is 2.23. The SMILES string of the molecule is COc1ccc(-c2ccc(N3CCC(C(=O)NCCc4ccc(Cl)cc4)CC3)nn2)cc1. The molecule has 1 N–H and O–H groups in total. The molecule has 0 radical (unpaired) electrons. The van der Waals surface area contributed by atoms with Gasteiger partial charge in [0.25, 0.3) is 0 Å². The van der Waals surface area contributed by atoms with E-state index in [0.717, 1.165) is 60.2 Å². The van der Waals surface area contributed by atoms with E-state index < -0.39 is 0 Å². The zero-order valence-corrected chi connectivity index (χ0v) is 18.9. The third-order valence-corrected chi connectivity index (χ3v) is 6.10. The molecular formula is C25H27ClN4O2. The van der Waals surface area contributed by atoms with Gasteiger partial charge < -0.3 is 15.0 Å². The fourth-order valence-corrected chi connectivity index (χ4v) is 4.03. The fourth-order valence-electron chi connectivity index (χ4n) is 3.91. The van der Waals surface area contributed by atoms with Crippen molar-refractivity contribution >= 4 is 23.3 Å². The lowest BCUT2D eigenvalue weighted by molar-refractivity contribution is -0.125. The number of nitrogens with one attached hydrogen (secondary N) is 1. The molecule has 0 bridgehead atoms. The first-order chi connectivity index (χ1) is 15.6. The minimum absolute atomic E-state index is 0.0444. The molecule has 32 heavy (non-hydrogen) atoms. The summed E-state index contributed by atoms with van der Waals surface area (Å²) in [6, 6.07) is 19.5. The maximum absolute atomic E-state index is 12.5. The van der Waals surface area contributed by atoms with Crippen molar-refractivity contribution in [3.63, 3.8) is 0 Å². The molecule has 7 heteroatoms. The highest BCUT2D eigenvalue weighted by Gasteiger charge is 2.25. The van der Waals surface area contributed by atoms with Crippen molar-refractivity contribution in [1.29, 1.82) is 0 Å². The Morgan fingerprint density at radius 3 is 2.38 bits per heavy atom. The van der Waals surface area contributed by atoms with Gasteiger partial charge in [0.2, 0.25) is 5.91 Å². The number of benzene rings is 2. The van der Waals surface area contributed by atoms with Crippen molar-refractivity contribution < 1.29 is 9.53 Å². The second kappa shape index (κ2) is 10.5. The molecule has 0 unspecified atom stereocenters. The highest BCUT2D eigenvalue weighted by atomic mass is 35.5. The Kier molecular flexibility index (Phi) is 7.22. The number of ether oxygens (including phenoxy) is 1. The van der Waals surface area contributed by atoms with E-state index in [-0.39, 0.29) is 11.8 Å². The van der Waals surface area contributed by atoms with Crippen LogP contribution in [0.1, 0.15) is 18.4 Å². The van der Waals surface area contributed by atoms with Crippen molar-refractivity contribution in [3.05, 3.63) is 71.2 Å². The minimum atomic E-state index is 0.0444. The summed E-state index contributed by atoms with van der Waals surface area (Å²) >= 11 is 5.91. The topological polar surface area (TPSA) is 67.3 Å². The molecule has 6 nitrogen and oxygen atoms in total. The summed E-state index contributed by atoms with van der Waals surface area (Å²) in [6.07, 6.45) is 2.43. The van der Waals surface area contributed by atoms with Crippen molar-refractivity contribution in [2.24, 2.45) is 5.92 Å². The van der Waals surface area contributed by atoms with E-state index in [4.69, 9.17) is 16.3 Å². The van der Waals surface area contributed by atoms with Crippen LogP contribution in [0.3, 0.4) is 0 Å². The second-order valence-corrected chi connectivity index (χ2v) is 8.37. The molecule has 2 aromatic carbocycles. The Labute approximate surface area is 193 Å². The van der Waals surface area contributed by atoms with E-state index in [1.165, 1.54) is 5.56 Å². The zero-order valence-electron chi connectivity index (χ0n) is 18.1. The van der Waals surface area contributed by atoms with Gasteiger partial charge in [-0.05, 0) is 73.4 Å². The van der Waals surface area contributed by atoms with Gasteiger partial charge in [0.15, 0.2) is 5.82 Å². The van der Waals surface area contributed by atoms with Crippen LogP contribution in [0, 0.1) is 5.92 Å². The number of carbonyl (C=O) groups excluding carboxylic acids is 1. The summed E-state index contributed by atoms with van der Waals surface area (Å²) in [5, 5.41) is 12.6. The molecule has 0 spiro atoms. The Hall–Kier alpha value is -3.12. The predicted octanol–water partition coefficient (Wildman–Crippen LogP) is 4.38. The molecule has 1 aromatic heterocycles. The van der Waals surface area contributed by atoms with Gasteiger partial charge >= 0.3 is 0 Å². The summed E-state index contributed by atoms with van der Waals surface area (Å²) in [4.78, 5) is 14.7. The van der Waals surface area contributed by atoms with Crippen molar-refractivity contribution in [2.45, 2.75) is 19.3 Å². The number of carbonyl (C=O) groups is 1. The molecule has 1 fully saturated rings. The van der Waals surface area contributed by atoms with E-state index in [1.54, 1.807) is 7.11 Å². The van der Waals surface area contributed by atoms with Gasteiger partial charge in [0.1, 0.15) is 5.75 Å². The van der Waals surface area contributed by atoms with Crippen LogP contribution in [0.4, 0.5) is 5.82 Å². The zero-order chi connectivity index (χ0) is 22.3. The van der Waals surface area contributed by atoms with Gasteiger partial charge in [-0.3, -0.25) is 4.79 Å². The molecule has 1 amide bonds. The average molecular weight is 451 g/mol. The average Bonchev–Trinajstić information content (AvgIpc) is 2.85. The number of piperidine rings is 1. The number of hydrogen-bond acceptors (Lipinski definition) is 5. The first-order valence-electron chi connectivity index (χ1n) is 10.9. The van der Waals surface area contributed by atoms with Crippen LogP contribution in [0.25, 0.3) is 11.3 Å². The van der Waals surface area contributed by atoms with Gasteiger partial charge in [-0.15, -0.1) is 10.2 Å². The number of halogens is 1. The van der Waals surface area contributed by atoms with Crippen LogP contribution < -0.4 is 15.0 Å². The number of hydrogen-bond donors (Lipinski definition) is 1. The molecule has 1 saturated heterocycles. The van der Waals surface area contributed by atoms with Crippen molar-refractivity contribution in [1.82, 2.24) is 15.5 Å². The summed E-state index contributed by atoms with van der Waals surface area (Å²) in [5.74, 6) is 1.85. The second-order valence-electron chi connectivity index (χ2n) is 7.93. The van der Waals surface area contributed by atoms with Gasteiger partial charge in [-0.1, -0.05) is 23.7 Å². The molecule has 1 aliphatic rings. The smallest absolute Gasteiger partial charge is 0.223 e. The van der Waals surface area contributed by atoms with Crippen molar-refractivity contribution in [2.75, 3.05) is 31.6 Å². The van der Waals surface area contributed by atoms with Crippen LogP contribution in [0.15, 0.2) is 60.7 Å². The van der Waals surface area contributed by atoms with Crippen LogP contribution in [-0.2, 0) is 11.2 Å². The van der Waals surface area contributed by atoms with E-state index in [0.29, 0.717) is 6.54 Å².